The summed E-state index contributed by atoms with van der Waals surface area (Å²) in [7, 11) is 0. The predicted octanol–water partition coefficient (Wildman–Crippen LogP) is 2.83. The Morgan fingerprint density at radius 2 is 1.47 bits per heavy atom. The van der Waals surface area contributed by atoms with Crippen molar-refractivity contribution in [1.82, 2.24) is 10.3 Å². The molecule has 0 radical (unpaired) electrons. The Bertz CT molecular complexity index is 318. The van der Waals surface area contributed by atoms with Crippen molar-refractivity contribution in [3.05, 3.63) is 0 Å². The van der Waals surface area contributed by atoms with Gasteiger partial charge in [-0.3, -0.25) is 0 Å². The number of hydrogen-bond acceptors (Lipinski definition) is 2. The zero-order chi connectivity index (χ0) is 12.7. The van der Waals surface area contributed by atoms with Gasteiger partial charge in [0, 0.05) is 19.1 Å². The molecular formula is C16H27N3. The Hall–Kier alpha value is -0.730. The summed E-state index contributed by atoms with van der Waals surface area (Å²) in [5.74, 6) is 3.97. The van der Waals surface area contributed by atoms with Gasteiger partial charge in [0.1, 0.15) is 6.34 Å². The molecule has 4 bridgehead atoms. The van der Waals surface area contributed by atoms with Crippen molar-refractivity contribution in [2.45, 2.75) is 57.4 Å². The first-order chi connectivity index (χ1) is 9.38. The Kier molecular flexibility index (Phi) is 3.16. The molecule has 5 rings (SSSR count). The molecule has 1 heterocycles. The van der Waals surface area contributed by atoms with E-state index in [0.29, 0.717) is 6.04 Å². The summed E-state index contributed by atoms with van der Waals surface area (Å²) in [5.41, 5.74) is 3.54. The molecule has 4 saturated carbocycles. The highest BCUT2D eigenvalue weighted by atomic mass is 15.3. The molecule has 4 aliphatic carbocycles. The van der Waals surface area contributed by atoms with Crippen molar-refractivity contribution < 1.29 is 0 Å². The molecule has 0 aromatic heterocycles. The van der Waals surface area contributed by atoms with Crippen LogP contribution in [0.5, 0.6) is 0 Å². The van der Waals surface area contributed by atoms with Crippen LogP contribution in [0, 0.1) is 23.7 Å². The fourth-order valence-corrected chi connectivity index (χ4v) is 5.37. The van der Waals surface area contributed by atoms with Crippen LogP contribution in [0.1, 0.15) is 51.4 Å². The van der Waals surface area contributed by atoms with E-state index in [2.05, 4.69) is 21.8 Å². The van der Waals surface area contributed by atoms with Crippen molar-refractivity contribution in [1.29, 1.82) is 0 Å². The van der Waals surface area contributed by atoms with Crippen LogP contribution in [0.25, 0.3) is 0 Å². The third-order valence-electron chi connectivity index (χ3n) is 6.06. The fraction of sp³-hybridized carbons (Fsp3) is 0.938. The SMILES string of the molecule is C(=N\NC1C2CC3CC(C2)CC1C3)/N1CCCCC1. The van der Waals surface area contributed by atoms with E-state index in [-0.39, 0.29) is 0 Å². The second-order valence-corrected chi connectivity index (χ2v) is 7.43. The average Bonchev–Trinajstić information content (AvgIpc) is 2.42. The van der Waals surface area contributed by atoms with Crippen LogP contribution in [-0.4, -0.2) is 30.4 Å². The van der Waals surface area contributed by atoms with Crippen LogP contribution in [0.15, 0.2) is 5.10 Å². The summed E-state index contributed by atoms with van der Waals surface area (Å²) >= 11 is 0. The van der Waals surface area contributed by atoms with Gasteiger partial charge in [0.25, 0.3) is 0 Å². The number of rotatable bonds is 3. The molecular weight excluding hydrogens is 234 g/mol. The summed E-state index contributed by atoms with van der Waals surface area (Å²) in [6.07, 6.45) is 13.6. The standard InChI is InChI=1S/C16H27N3/c1-2-4-19(5-3-1)11-17-18-16-14-7-12-6-13(9-14)10-15(16)8-12/h11-16,18H,1-10H2/b17-11+. The van der Waals surface area contributed by atoms with Gasteiger partial charge in [0.15, 0.2) is 0 Å². The molecule has 0 spiro atoms. The van der Waals surface area contributed by atoms with Gasteiger partial charge >= 0.3 is 0 Å². The van der Waals surface area contributed by atoms with Gasteiger partial charge in [-0.15, -0.1) is 0 Å². The molecule has 1 N–H and O–H groups in total. The lowest BCUT2D eigenvalue weighted by molar-refractivity contribution is -0.0133. The fourth-order valence-electron chi connectivity index (χ4n) is 5.37. The average molecular weight is 261 g/mol. The van der Waals surface area contributed by atoms with E-state index < -0.39 is 0 Å². The third-order valence-corrected chi connectivity index (χ3v) is 6.06. The number of nitrogens with zero attached hydrogens (tertiary/aromatic N) is 2. The van der Waals surface area contributed by atoms with Crippen LogP contribution < -0.4 is 5.43 Å². The van der Waals surface area contributed by atoms with Gasteiger partial charge in [-0.25, -0.2) is 0 Å². The normalized spacial score (nSPS) is 45.1. The summed E-state index contributed by atoms with van der Waals surface area (Å²) in [6.45, 7) is 2.40. The Morgan fingerprint density at radius 1 is 0.842 bits per heavy atom. The second kappa shape index (κ2) is 4.99. The van der Waals surface area contributed by atoms with E-state index in [0.717, 1.165) is 23.7 Å². The first-order valence-corrected chi connectivity index (χ1v) is 8.41. The van der Waals surface area contributed by atoms with Crippen LogP contribution in [0.3, 0.4) is 0 Å². The maximum absolute atomic E-state index is 4.59. The van der Waals surface area contributed by atoms with Crippen molar-refractivity contribution >= 4 is 6.34 Å². The van der Waals surface area contributed by atoms with Gasteiger partial charge in [-0.2, -0.15) is 5.10 Å². The molecule has 1 saturated heterocycles. The summed E-state index contributed by atoms with van der Waals surface area (Å²) < 4.78 is 0. The first-order valence-electron chi connectivity index (χ1n) is 8.41. The second-order valence-electron chi connectivity index (χ2n) is 7.43. The van der Waals surface area contributed by atoms with Gasteiger partial charge in [-0.05, 0) is 75.0 Å². The first kappa shape index (κ1) is 12.0. The lowest BCUT2D eigenvalue weighted by atomic mass is 9.54. The Morgan fingerprint density at radius 3 is 2.11 bits per heavy atom. The van der Waals surface area contributed by atoms with E-state index in [1.165, 1.54) is 64.5 Å². The predicted molar refractivity (Wildman–Crippen MR) is 77.9 cm³/mol. The minimum Gasteiger partial charge on any atom is -0.361 e. The smallest absolute Gasteiger partial charge is 0.111 e. The van der Waals surface area contributed by atoms with Crippen LogP contribution in [0.4, 0.5) is 0 Å². The van der Waals surface area contributed by atoms with Crippen molar-refractivity contribution in [3.63, 3.8) is 0 Å². The zero-order valence-electron chi connectivity index (χ0n) is 11.9. The van der Waals surface area contributed by atoms with Crippen molar-refractivity contribution in [3.8, 4) is 0 Å². The molecule has 1 aliphatic heterocycles. The lowest BCUT2D eigenvalue weighted by Gasteiger charge is -2.54. The van der Waals surface area contributed by atoms with E-state index in [1.807, 2.05) is 0 Å². The molecule has 0 amide bonds. The highest BCUT2D eigenvalue weighted by molar-refractivity contribution is 5.54. The minimum absolute atomic E-state index is 0.689. The van der Waals surface area contributed by atoms with E-state index in [4.69, 9.17) is 0 Å². The number of hydrogen-bond donors (Lipinski definition) is 1. The summed E-state index contributed by atoms with van der Waals surface area (Å²) in [5, 5.41) is 4.59. The highest BCUT2D eigenvalue weighted by Crippen LogP contribution is 2.53. The molecule has 19 heavy (non-hydrogen) atoms. The monoisotopic (exact) mass is 261 g/mol. The van der Waals surface area contributed by atoms with Crippen LogP contribution in [-0.2, 0) is 0 Å². The van der Waals surface area contributed by atoms with Crippen molar-refractivity contribution in [2.75, 3.05) is 13.1 Å². The van der Waals surface area contributed by atoms with Gasteiger partial charge in [0.2, 0.25) is 0 Å². The molecule has 0 aromatic rings. The van der Waals surface area contributed by atoms with Gasteiger partial charge in [-0.1, -0.05) is 0 Å². The number of hydrazone groups is 1. The minimum atomic E-state index is 0.689. The van der Waals surface area contributed by atoms with E-state index in [9.17, 15) is 0 Å². The Balaban J connectivity index is 1.34. The maximum Gasteiger partial charge on any atom is 0.111 e. The number of nitrogens with one attached hydrogen (secondary N) is 1. The maximum atomic E-state index is 4.59. The van der Waals surface area contributed by atoms with E-state index >= 15 is 0 Å². The van der Waals surface area contributed by atoms with Gasteiger partial charge < -0.3 is 10.3 Å². The Labute approximate surface area is 116 Å². The summed E-state index contributed by atoms with van der Waals surface area (Å²) in [4.78, 5) is 2.38. The zero-order valence-corrected chi connectivity index (χ0v) is 11.9. The topological polar surface area (TPSA) is 27.6 Å². The summed E-state index contributed by atoms with van der Waals surface area (Å²) in [6, 6.07) is 0.689. The highest BCUT2D eigenvalue weighted by Gasteiger charge is 2.48. The molecule has 0 unspecified atom stereocenters. The van der Waals surface area contributed by atoms with Crippen LogP contribution in [0.2, 0.25) is 0 Å². The molecule has 3 nitrogen and oxygen atoms in total. The van der Waals surface area contributed by atoms with Crippen molar-refractivity contribution in [2.24, 2.45) is 28.8 Å². The van der Waals surface area contributed by atoms with Crippen LogP contribution >= 0.6 is 0 Å². The largest absolute Gasteiger partial charge is 0.361 e. The molecule has 3 heteroatoms. The van der Waals surface area contributed by atoms with E-state index in [1.54, 1.807) is 0 Å². The van der Waals surface area contributed by atoms with Gasteiger partial charge in [0.05, 0.1) is 0 Å². The molecule has 0 aromatic carbocycles. The molecule has 106 valence electrons. The quantitative estimate of drug-likeness (QED) is 0.480. The number of likely N-dealkylation sites (tertiary alicyclic amines) is 1. The number of piperidine rings is 1. The third kappa shape index (κ3) is 2.36. The molecule has 0 atom stereocenters. The molecule has 5 fully saturated rings. The molecule has 5 aliphatic rings. The lowest BCUT2D eigenvalue weighted by Crippen LogP contribution is -2.53.